The van der Waals surface area contributed by atoms with E-state index in [0.717, 1.165) is 5.76 Å². The lowest BCUT2D eigenvalue weighted by Crippen LogP contribution is -1.83. The lowest BCUT2D eigenvalue weighted by atomic mass is 10.2. The molecule has 2 heterocycles. The van der Waals surface area contributed by atoms with Crippen LogP contribution < -0.4 is 0 Å². The first kappa shape index (κ1) is 17.0. The van der Waals surface area contributed by atoms with Crippen molar-refractivity contribution < 1.29 is 4.52 Å². The molecule has 0 spiro atoms. The minimum absolute atomic E-state index is 0.489. The molecule has 3 nitrogen and oxygen atoms in total. The predicted octanol–water partition coefficient (Wildman–Crippen LogP) is 5.97. The molecule has 3 rings (SSSR count). The summed E-state index contributed by atoms with van der Waals surface area (Å²) in [6.45, 7) is 8.00. The van der Waals surface area contributed by atoms with Crippen LogP contribution in [-0.2, 0) is 0 Å². The molecule has 0 radical (unpaired) electrons. The van der Waals surface area contributed by atoms with Crippen molar-refractivity contribution in [1.29, 1.82) is 0 Å². The zero-order chi connectivity index (χ0) is 15.1. The van der Waals surface area contributed by atoms with Gasteiger partial charge in [0, 0.05) is 29.9 Å². The summed E-state index contributed by atoms with van der Waals surface area (Å²) >= 11 is 12.1. The SMILES string of the molecule is CC.CC.Clc1cncc(Cl)c1-c1cc(C2CC2)on1. The molecule has 0 N–H and O–H groups in total. The smallest absolute Gasteiger partial charge is 0.140 e. The Morgan fingerprint density at radius 3 is 2.10 bits per heavy atom. The number of nitrogens with zero attached hydrogens (tertiary/aromatic N) is 2. The van der Waals surface area contributed by atoms with Crippen LogP contribution in [0.2, 0.25) is 10.0 Å². The maximum atomic E-state index is 6.04. The topological polar surface area (TPSA) is 38.9 Å². The number of rotatable bonds is 2. The molecule has 0 atom stereocenters. The summed E-state index contributed by atoms with van der Waals surface area (Å²) in [7, 11) is 0. The first-order valence-electron chi connectivity index (χ1n) is 7.01. The van der Waals surface area contributed by atoms with E-state index in [4.69, 9.17) is 27.7 Å². The predicted molar refractivity (Wildman–Crippen MR) is 84.4 cm³/mol. The average molecular weight is 315 g/mol. The molecule has 1 fully saturated rings. The molecular weight excluding hydrogens is 295 g/mol. The van der Waals surface area contributed by atoms with Crippen LogP contribution in [-0.4, -0.2) is 10.1 Å². The van der Waals surface area contributed by atoms with Crippen molar-refractivity contribution in [2.45, 2.75) is 46.5 Å². The van der Waals surface area contributed by atoms with Gasteiger partial charge in [0.1, 0.15) is 11.5 Å². The van der Waals surface area contributed by atoms with Crippen LogP contribution in [0.3, 0.4) is 0 Å². The summed E-state index contributed by atoms with van der Waals surface area (Å²) < 4.78 is 5.27. The highest BCUT2D eigenvalue weighted by Gasteiger charge is 2.28. The first-order chi connectivity index (χ1) is 9.75. The van der Waals surface area contributed by atoms with Crippen LogP contribution >= 0.6 is 23.2 Å². The molecule has 5 heteroatoms. The Labute approximate surface area is 130 Å². The number of hydrogen-bond acceptors (Lipinski definition) is 3. The molecule has 0 bridgehead atoms. The summed E-state index contributed by atoms with van der Waals surface area (Å²) in [6, 6.07) is 1.91. The monoisotopic (exact) mass is 314 g/mol. The van der Waals surface area contributed by atoms with E-state index in [0.29, 0.717) is 27.2 Å². The van der Waals surface area contributed by atoms with Gasteiger partial charge in [0.05, 0.1) is 10.0 Å². The van der Waals surface area contributed by atoms with Crippen molar-refractivity contribution in [3.63, 3.8) is 0 Å². The van der Waals surface area contributed by atoms with Gasteiger partial charge < -0.3 is 4.52 Å². The van der Waals surface area contributed by atoms with Crippen LogP contribution in [0, 0.1) is 0 Å². The van der Waals surface area contributed by atoms with Crippen molar-refractivity contribution in [3.8, 4) is 11.3 Å². The van der Waals surface area contributed by atoms with E-state index < -0.39 is 0 Å². The first-order valence-corrected chi connectivity index (χ1v) is 7.77. The quantitative estimate of drug-likeness (QED) is 0.685. The van der Waals surface area contributed by atoms with Crippen molar-refractivity contribution in [3.05, 3.63) is 34.3 Å². The van der Waals surface area contributed by atoms with Gasteiger partial charge in [0.15, 0.2) is 0 Å². The van der Waals surface area contributed by atoms with Gasteiger partial charge in [0.2, 0.25) is 0 Å². The average Bonchev–Trinajstić information content (AvgIpc) is 3.23. The molecule has 2 aromatic heterocycles. The zero-order valence-electron chi connectivity index (χ0n) is 12.3. The van der Waals surface area contributed by atoms with Crippen molar-refractivity contribution in [2.24, 2.45) is 0 Å². The second-order valence-corrected chi connectivity index (χ2v) is 4.68. The molecule has 1 aliphatic carbocycles. The van der Waals surface area contributed by atoms with E-state index in [-0.39, 0.29) is 0 Å². The lowest BCUT2D eigenvalue weighted by molar-refractivity contribution is 0.386. The molecule has 2 aromatic rings. The summed E-state index contributed by atoms with van der Waals surface area (Å²) in [5.74, 6) is 1.44. The zero-order valence-corrected chi connectivity index (χ0v) is 13.8. The number of aromatic nitrogens is 2. The van der Waals surface area contributed by atoms with Crippen LogP contribution in [0.15, 0.2) is 23.0 Å². The maximum absolute atomic E-state index is 6.04. The van der Waals surface area contributed by atoms with E-state index in [2.05, 4.69) is 10.1 Å². The minimum Gasteiger partial charge on any atom is -0.360 e. The van der Waals surface area contributed by atoms with E-state index in [1.807, 2.05) is 33.8 Å². The number of hydrogen-bond donors (Lipinski definition) is 0. The fraction of sp³-hybridized carbons (Fsp3) is 0.467. The maximum Gasteiger partial charge on any atom is 0.140 e. The van der Waals surface area contributed by atoms with Gasteiger partial charge in [-0.2, -0.15) is 0 Å². The molecule has 1 saturated carbocycles. The van der Waals surface area contributed by atoms with Gasteiger partial charge in [-0.25, -0.2) is 0 Å². The largest absolute Gasteiger partial charge is 0.360 e. The fourth-order valence-electron chi connectivity index (χ4n) is 1.62. The van der Waals surface area contributed by atoms with Crippen LogP contribution in [0.1, 0.15) is 52.2 Å². The van der Waals surface area contributed by atoms with Crippen LogP contribution in [0.25, 0.3) is 11.3 Å². The van der Waals surface area contributed by atoms with E-state index in [1.165, 1.54) is 12.8 Å². The fourth-order valence-corrected chi connectivity index (χ4v) is 2.18. The second kappa shape index (κ2) is 8.28. The third-order valence-electron chi connectivity index (χ3n) is 2.62. The Kier molecular flexibility index (Phi) is 7.03. The Morgan fingerprint density at radius 1 is 1.05 bits per heavy atom. The van der Waals surface area contributed by atoms with Gasteiger partial charge in [-0.05, 0) is 12.8 Å². The highest BCUT2D eigenvalue weighted by atomic mass is 35.5. The molecule has 110 valence electrons. The Morgan fingerprint density at radius 2 is 1.60 bits per heavy atom. The summed E-state index contributed by atoms with van der Waals surface area (Å²) in [4.78, 5) is 3.90. The summed E-state index contributed by atoms with van der Waals surface area (Å²) in [5.41, 5.74) is 1.37. The molecular formula is C15H20Cl2N2O. The highest BCUT2D eigenvalue weighted by molar-refractivity contribution is 6.38. The third-order valence-corrected chi connectivity index (χ3v) is 3.19. The van der Waals surface area contributed by atoms with Crippen LogP contribution in [0.4, 0.5) is 0 Å². The Balaban J connectivity index is 0.000000461. The third kappa shape index (κ3) is 3.97. The standard InChI is InChI=1S/C11H8Cl2N2O.2C2H6/c12-7-4-14-5-8(13)11(7)9-3-10(16-15-9)6-1-2-6;2*1-2/h3-6H,1-2H2;2*1-2H3. The lowest BCUT2D eigenvalue weighted by Gasteiger charge is -2.00. The van der Waals surface area contributed by atoms with Gasteiger partial charge in [-0.15, -0.1) is 0 Å². The van der Waals surface area contributed by atoms with Gasteiger partial charge in [-0.1, -0.05) is 56.1 Å². The molecule has 20 heavy (non-hydrogen) atoms. The van der Waals surface area contributed by atoms with Gasteiger partial charge in [0.25, 0.3) is 0 Å². The molecule has 1 aliphatic rings. The van der Waals surface area contributed by atoms with E-state index >= 15 is 0 Å². The summed E-state index contributed by atoms with van der Waals surface area (Å²) in [5, 5.41) is 4.98. The Bertz CT molecular complexity index is 516. The number of pyridine rings is 1. The van der Waals surface area contributed by atoms with Crippen molar-refractivity contribution in [2.75, 3.05) is 0 Å². The van der Waals surface area contributed by atoms with E-state index in [9.17, 15) is 0 Å². The number of halogens is 2. The van der Waals surface area contributed by atoms with Crippen molar-refractivity contribution >= 4 is 23.2 Å². The molecule has 0 aliphatic heterocycles. The minimum atomic E-state index is 0.489. The van der Waals surface area contributed by atoms with Crippen LogP contribution in [0.5, 0.6) is 0 Å². The molecule has 0 saturated heterocycles. The highest BCUT2D eigenvalue weighted by Crippen LogP contribution is 2.42. The van der Waals surface area contributed by atoms with Crippen molar-refractivity contribution in [1.82, 2.24) is 10.1 Å². The normalized spacial score (nSPS) is 12.9. The van der Waals surface area contributed by atoms with E-state index in [1.54, 1.807) is 12.4 Å². The second-order valence-electron chi connectivity index (χ2n) is 3.87. The molecule has 0 aromatic carbocycles. The molecule has 0 unspecified atom stereocenters. The molecule has 0 amide bonds. The Hall–Kier alpha value is -1.06. The van der Waals surface area contributed by atoms with Gasteiger partial charge in [-0.3, -0.25) is 4.98 Å². The van der Waals surface area contributed by atoms with Gasteiger partial charge >= 0.3 is 0 Å². The summed E-state index contributed by atoms with van der Waals surface area (Å²) in [6.07, 6.45) is 5.45.